The topological polar surface area (TPSA) is 15.3 Å². The molecule has 1 aromatic carbocycles. The molecule has 2 rings (SSSR count). The Morgan fingerprint density at radius 2 is 1.73 bits per heavy atom. The maximum Gasteiger partial charge on any atom is 0.408 e. The second-order valence-electron chi connectivity index (χ2n) is 4.82. The fourth-order valence-corrected chi connectivity index (χ4v) is 2.67. The van der Waals surface area contributed by atoms with Crippen LogP contribution in [0.1, 0.15) is 17.2 Å². The van der Waals surface area contributed by atoms with Crippen LogP contribution in [0.25, 0.3) is 0 Å². The van der Waals surface area contributed by atoms with Crippen molar-refractivity contribution in [1.29, 1.82) is 0 Å². The lowest BCUT2D eigenvalue weighted by molar-refractivity contribution is -0.188. The van der Waals surface area contributed by atoms with Gasteiger partial charge in [0.2, 0.25) is 0 Å². The van der Waals surface area contributed by atoms with Crippen LogP contribution in [0.2, 0.25) is 5.02 Å². The minimum Gasteiger partial charge on any atom is -0.314 e. The van der Waals surface area contributed by atoms with E-state index in [1.165, 1.54) is 24.0 Å². The molecule has 0 aliphatic carbocycles. The molecule has 0 radical (unpaired) electrons. The number of aryl methyl sites for hydroxylation is 1. The quantitative estimate of drug-likeness (QED) is 0.772. The van der Waals surface area contributed by atoms with Crippen molar-refractivity contribution in [3.63, 3.8) is 0 Å². The minimum atomic E-state index is -4.57. The number of hydrogen-bond donors (Lipinski definition) is 1. The number of rotatable bonds is 2. The van der Waals surface area contributed by atoms with Crippen molar-refractivity contribution in [2.24, 2.45) is 0 Å². The van der Waals surface area contributed by atoms with Gasteiger partial charge in [0.25, 0.3) is 0 Å². The molecule has 0 spiro atoms. The van der Waals surface area contributed by atoms with Gasteiger partial charge in [-0.2, -0.15) is 13.2 Å². The highest BCUT2D eigenvalue weighted by Crippen LogP contribution is 2.42. The predicted octanol–water partition coefficient (Wildman–Crippen LogP) is 4.14. The summed E-state index contributed by atoms with van der Waals surface area (Å²) in [6.45, 7) is 2.72. The predicted molar refractivity (Wildman–Crippen MR) is 83.9 cm³/mol. The van der Waals surface area contributed by atoms with Gasteiger partial charge in [0.05, 0.1) is 0 Å². The van der Waals surface area contributed by atoms with Gasteiger partial charge >= 0.3 is 6.18 Å². The zero-order valence-electron chi connectivity index (χ0n) is 11.7. The summed E-state index contributed by atoms with van der Waals surface area (Å²) in [4.78, 5) is 1.22. The first-order valence-corrected chi connectivity index (χ1v) is 6.66. The monoisotopic (exact) mass is 382 g/mol. The fourth-order valence-electron chi connectivity index (χ4n) is 2.42. The molecular formula is C13H17Cl3F4N2. The van der Waals surface area contributed by atoms with E-state index in [4.69, 9.17) is 11.6 Å². The molecule has 128 valence electrons. The maximum atomic E-state index is 14.2. The molecule has 1 N–H and O–H groups in total. The molecule has 0 unspecified atom stereocenters. The van der Waals surface area contributed by atoms with Crippen LogP contribution >= 0.6 is 36.4 Å². The highest BCUT2D eigenvalue weighted by Gasteiger charge is 2.47. The van der Waals surface area contributed by atoms with Crippen molar-refractivity contribution < 1.29 is 17.6 Å². The van der Waals surface area contributed by atoms with E-state index in [1.807, 2.05) is 0 Å². The summed E-state index contributed by atoms with van der Waals surface area (Å²) in [5, 5.41) is 2.79. The standard InChI is InChI=1S/C13H15ClF4N2.2ClH/c1-8-2-3-9(14)10(11(8)15)12(13(16,17)18)20-6-4-19-5-7-20;;/h2-3,12,19H,4-7H2,1H3;2*1H/t12-;;/m1../s1. The summed E-state index contributed by atoms with van der Waals surface area (Å²) in [5.41, 5.74) is -0.310. The molecule has 0 amide bonds. The Morgan fingerprint density at radius 3 is 2.23 bits per heavy atom. The Kier molecular flexibility index (Phi) is 8.44. The van der Waals surface area contributed by atoms with Crippen molar-refractivity contribution in [2.75, 3.05) is 26.2 Å². The molecule has 1 aromatic rings. The molecule has 2 nitrogen and oxygen atoms in total. The van der Waals surface area contributed by atoms with Crippen molar-refractivity contribution in [1.82, 2.24) is 10.2 Å². The first-order valence-electron chi connectivity index (χ1n) is 6.28. The van der Waals surface area contributed by atoms with Gasteiger partial charge in [-0.05, 0) is 18.6 Å². The lowest BCUT2D eigenvalue weighted by atomic mass is 10.0. The van der Waals surface area contributed by atoms with E-state index < -0.39 is 23.6 Å². The zero-order chi connectivity index (χ0) is 14.9. The molecule has 22 heavy (non-hydrogen) atoms. The normalized spacial score (nSPS) is 17.4. The van der Waals surface area contributed by atoms with Gasteiger partial charge in [0.15, 0.2) is 0 Å². The van der Waals surface area contributed by atoms with Gasteiger partial charge in [-0.1, -0.05) is 17.7 Å². The Bertz CT molecular complexity index is 491. The maximum absolute atomic E-state index is 14.2. The van der Waals surface area contributed by atoms with Gasteiger partial charge < -0.3 is 5.32 Å². The molecule has 1 heterocycles. The largest absolute Gasteiger partial charge is 0.408 e. The van der Waals surface area contributed by atoms with Crippen LogP contribution in [0, 0.1) is 12.7 Å². The van der Waals surface area contributed by atoms with Crippen LogP contribution in [0.15, 0.2) is 12.1 Å². The molecule has 9 heteroatoms. The van der Waals surface area contributed by atoms with Crippen molar-refractivity contribution in [3.05, 3.63) is 34.1 Å². The molecule has 0 saturated carbocycles. The van der Waals surface area contributed by atoms with Crippen LogP contribution in [0.5, 0.6) is 0 Å². The zero-order valence-corrected chi connectivity index (χ0v) is 14.1. The molecule has 1 aliphatic rings. The number of piperazine rings is 1. The third kappa shape index (κ3) is 4.61. The minimum absolute atomic E-state index is 0. The van der Waals surface area contributed by atoms with E-state index in [2.05, 4.69) is 5.32 Å². The van der Waals surface area contributed by atoms with Gasteiger partial charge in [-0.25, -0.2) is 4.39 Å². The molecule has 1 aliphatic heterocycles. The lowest BCUT2D eigenvalue weighted by Crippen LogP contribution is -2.49. The Morgan fingerprint density at radius 1 is 1.18 bits per heavy atom. The average Bonchev–Trinajstić information content (AvgIpc) is 2.39. The van der Waals surface area contributed by atoms with E-state index in [0.29, 0.717) is 13.1 Å². The van der Waals surface area contributed by atoms with Crippen molar-refractivity contribution in [2.45, 2.75) is 19.1 Å². The Balaban J connectivity index is 0.00000220. The molecule has 1 saturated heterocycles. The second-order valence-corrected chi connectivity index (χ2v) is 5.23. The van der Waals surface area contributed by atoms with E-state index in [9.17, 15) is 17.6 Å². The molecule has 0 bridgehead atoms. The average molecular weight is 384 g/mol. The van der Waals surface area contributed by atoms with E-state index in [-0.39, 0.29) is 48.5 Å². The molecular weight excluding hydrogens is 367 g/mol. The van der Waals surface area contributed by atoms with Gasteiger partial charge in [0.1, 0.15) is 11.9 Å². The van der Waals surface area contributed by atoms with Crippen LogP contribution in [0.4, 0.5) is 17.6 Å². The first-order chi connectivity index (χ1) is 9.32. The molecule has 1 atom stereocenters. The third-order valence-corrected chi connectivity index (χ3v) is 3.75. The molecule has 0 aromatic heterocycles. The van der Waals surface area contributed by atoms with Crippen LogP contribution < -0.4 is 5.32 Å². The number of nitrogens with one attached hydrogen (secondary N) is 1. The van der Waals surface area contributed by atoms with Crippen LogP contribution in [-0.2, 0) is 0 Å². The summed E-state index contributed by atoms with van der Waals surface area (Å²) >= 11 is 5.84. The van der Waals surface area contributed by atoms with Crippen molar-refractivity contribution >= 4 is 36.4 Å². The smallest absolute Gasteiger partial charge is 0.314 e. The summed E-state index contributed by atoms with van der Waals surface area (Å²) in [6.07, 6.45) is -4.57. The summed E-state index contributed by atoms with van der Waals surface area (Å²) in [7, 11) is 0. The Hall–Kier alpha value is -0.270. The summed E-state index contributed by atoms with van der Waals surface area (Å²) in [6, 6.07) is 0.694. The number of nitrogens with zero attached hydrogens (tertiary/aromatic N) is 1. The lowest BCUT2D eigenvalue weighted by Gasteiger charge is -2.36. The number of benzene rings is 1. The van der Waals surface area contributed by atoms with E-state index in [1.54, 1.807) is 0 Å². The second kappa shape index (κ2) is 8.55. The fraction of sp³-hybridized carbons (Fsp3) is 0.538. The highest BCUT2D eigenvalue weighted by molar-refractivity contribution is 6.31. The van der Waals surface area contributed by atoms with E-state index in [0.717, 1.165) is 0 Å². The van der Waals surface area contributed by atoms with Gasteiger partial charge in [0, 0.05) is 36.8 Å². The first kappa shape index (κ1) is 21.7. The van der Waals surface area contributed by atoms with Crippen LogP contribution in [-0.4, -0.2) is 37.3 Å². The summed E-state index contributed by atoms with van der Waals surface area (Å²) in [5.74, 6) is -0.877. The number of alkyl halides is 3. The van der Waals surface area contributed by atoms with Crippen molar-refractivity contribution in [3.8, 4) is 0 Å². The van der Waals surface area contributed by atoms with Crippen LogP contribution in [0.3, 0.4) is 0 Å². The highest BCUT2D eigenvalue weighted by atomic mass is 35.5. The number of halogens is 7. The summed E-state index contributed by atoms with van der Waals surface area (Å²) < 4.78 is 54.4. The number of hydrogen-bond acceptors (Lipinski definition) is 2. The molecule has 1 fully saturated rings. The third-order valence-electron chi connectivity index (χ3n) is 3.42. The van der Waals surface area contributed by atoms with Gasteiger partial charge in [-0.15, -0.1) is 24.8 Å². The Labute approximate surface area is 144 Å². The SMILES string of the molecule is Cc1ccc(Cl)c([C@@H](N2CCNCC2)C(F)(F)F)c1F.Cl.Cl. The van der Waals surface area contributed by atoms with E-state index >= 15 is 0 Å². The van der Waals surface area contributed by atoms with Gasteiger partial charge in [-0.3, -0.25) is 4.90 Å².